The molecule has 47 heavy (non-hydrogen) atoms. The fourth-order valence-corrected chi connectivity index (χ4v) is 4.64. The van der Waals surface area contributed by atoms with Crippen molar-refractivity contribution < 1.29 is 66.8 Å². The first-order valence-electron chi connectivity index (χ1n) is 13.3. The minimum Gasteiger partial charge on any atom is -0.479 e. The smallest absolute Gasteiger partial charge is 0.433 e. The lowest BCUT2D eigenvalue weighted by Crippen LogP contribution is -2.59. The molecular formula is C29H20F3N3O12. The Hall–Kier alpha value is -5.72. The number of benzene rings is 2. The molecule has 1 fully saturated rings. The number of hydrogen-bond acceptors (Lipinski definition) is 12. The van der Waals surface area contributed by atoms with Gasteiger partial charge in [0.05, 0.1) is 16.0 Å². The third-order valence-corrected chi connectivity index (χ3v) is 6.91. The number of aliphatic hydroxyl groups excluding tert-OH is 2. The molecule has 1 aliphatic rings. The fraction of sp³-hybridized carbons (Fsp3) is 0.207. The molecule has 4 aromatic rings. The second-order valence-electron chi connectivity index (χ2n) is 9.96. The number of nitro benzene ring substituents is 1. The minimum absolute atomic E-state index is 0.0353. The van der Waals surface area contributed by atoms with Gasteiger partial charge in [0.2, 0.25) is 17.3 Å². The van der Waals surface area contributed by atoms with Gasteiger partial charge in [0.1, 0.15) is 30.2 Å². The highest BCUT2D eigenvalue weighted by Crippen LogP contribution is 2.32. The SMILES string of the molecule is O=C(c1cccc(C(F)(F)F)n1)c1cn(C(=O)OCc2ccc(O[C@@H]3O[C@H](C(=O)O)[C@@H](O)[C@H](O)C3=O)c([N+](=O)[O-])c2)c2ccccc12. The number of fused-ring (bicyclic) bond motifs is 1. The van der Waals surface area contributed by atoms with Crippen LogP contribution in [-0.2, 0) is 31.8 Å². The highest BCUT2D eigenvalue weighted by molar-refractivity contribution is 6.16. The summed E-state index contributed by atoms with van der Waals surface area (Å²) in [6, 6.07) is 11.9. The van der Waals surface area contributed by atoms with E-state index in [1.165, 1.54) is 30.3 Å². The van der Waals surface area contributed by atoms with E-state index in [1.54, 1.807) is 0 Å². The van der Waals surface area contributed by atoms with Crippen LogP contribution in [0.5, 0.6) is 5.75 Å². The van der Waals surface area contributed by atoms with E-state index in [0.29, 0.717) is 6.07 Å². The summed E-state index contributed by atoms with van der Waals surface area (Å²) in [6.45, 7) is -0.574. The summed E-state index contributed by atoms with van der Waals surface area (Å²) in [6.07, 6.45) is -13.3. The molecule has 0 amide bonds. The zero-order valence-corrected chi connectivity index (χ0v) is 23.4. The van der Waals surface area contributed by atoms with Crippen LogP contribution in [0.3, 0.4) is 0 Å². The monoisotopic (exact) mass is 659 g/mol. The molecule has 0 aliphatic carbocycles. The average molecular weight is 659 g/mol. The summed E-state index contributed by atoms with van der Waals surface area (Å²) in [5, 5.41) is 40.8. The van der Waals surface area contributed by atoms with E-state index < -0.39 is 88.8 Å². The lowest BCUT2D eigenvalue weighted by Gasteiger charge is -2.33. The highest BCUT2D eigenvalue weighted by atomic mass is 19.4. The highest BCUT2D eigenvalue weighted by Gasteiger charge is 2.48. The number of aliphatic carboxylic acids is 1. The lowest BCUT2D eigenvalue weighted by atomic mass is 10.0. The Bertz CT molecular complexity index is 1930. The Morgan fingerprint density at radius 3 is 2.47 bits per heavy atom. The topological polar surface area (TPSA) is 218 Å². The molecule has 1 aliphatic heterocycles. The first-order chi connectivity index (χ1) is 22.2. The number of aromatic nitrogens is 2. The largest absolute Gasteiger partial charge is 0.479 e. The standard InChI is InChI=1S/C29H20F3N3O12/c30-29(31,32)20-7-3-5-16(33-20)21(36)15-11-34(17-6-2-1-4-14(15)17)28(42)45-12-13-8-9-19(18(10-13)35(43)44)46-27-24(39)22(37)23(38)25(47-27)26(40)41/h1-11,22-23,25,27,37-38H,12H2,(H,40,41)/t22-,23-,25-,27+/m0/s1. The number of rotatable bonds is 8. The number of ether oxygens (including phenoxy) is 3. The van der Waals surface area contributed by atoms with Crippen LogP contribution in [0.15, 0.2) is 66.9 Å². The molecule has 0 bridgehead atoms. The van der Waals surface area contributed by atoms with Gasteiger partial charge in [-0.3, -0.25) is 24.3 Å². The van der Waals surface area contributed by atoms with Crippen LogP contribution >= 0.6 is 0 Å². The van der Waals surface area contributed by atoms with Crippen LogP contribution in [0.2, 0.25) is 0 Å². The second-order valence-corrected chi connectivity index (χ2v) is 9.96. The van der Waals surface area contributed by atoms with Crippen LogP contribution in [-0.4, -0.2) is 78.0 Å². The van der Waals surface area contributed by atoms with Crippen molar-refractivity contribution in [2.75, 3.05) is 0 Å². The van der Waals surface area contributed by atoms with Gasteiger partial charge in [-0.25, -0.2) is 14.6 Å². The zero-order valence-electron chi connectivity index (χ0n) is 23.4. The minimum atomic E-state index is -4.80. The Morgan fingerprint density at radius 1 is 1.06 bits per heavy atom. The predicted molar refractivity (Wildman–Crippen MR) is 147 cm³/mol. The van der Waals surface area contributed by atoms with Crippen molar-refractivity contribution >= 4 is 40.2 Å². The Morgan fingerprint density at radius 2 is 1.79 bits per heavy atom. The number of alkyl halides is 3. The van der Waals surface area contributed by atoms with Crippen LogP contribution in [0.4, 0.5) is 23.7 Å². The van der Waals surface area contributed by atoms with Crippen molar-refractivity contribution in [1.29, 1.82) is 0 Å². The normalized spacial score (nSPS) is 19.7. The number of carbonyl (C=O) groups is 4. The van der Waals surface area contributed by atoms with E-state index in [1.807, 2.05) is 0 Å². The van der Waals surface area contributed by atoms with Crippen molar-refractivity contribution in [3.8, 4) is 5.75 Å². The number of pyridine rings is 1. The summed E-state index contributed by atoms with van der Waals surface area (Å²) >= 11 is 0. The molecule has 15 nitrogen and oxygen atoms in total. The van der Waals surface area contributed by atoms with Crippen LogP contribution in [0, 0.1) is 10.1 Å². The number of carboxylic acid groups (broad SMARTS) is 1. The fourth-order valence-electron chi connectivity index (χ4n) is 4.64. The molecule has 4 atom stereocenters. The third-order valence-electron chi connectivity index (χ3n) is 6.91. The van der Waals surface area contributed by atoms with Gasteiger partial charge < -0.3 is 29.5 Å². The number of aliphatic hydroxyl groups is 2. The Labute approximate surface area is 259 Å². The molecule has 0 saturated carbocycles. The van der Waals surface area contributed by atoms with Gasteiger partial charge in [0, 0.05) is 17.6 Å². The molecule has 5 rings (SSSR count). The van der Waals surface area contributed by atoms with Gasteiger partial charge in [-0.05, 0) is 29.8 Å². The molecule has 1 saturated heterocycles. The van der Waals surface area contributed by atoms with E-state index in [-0.39, 0.29) is 22.0 Å². The number of nitrogens with zero attached hydrogens (tertiary/aromatic N) is 3. The van der Waals surface area contributed by atoms with E-state index in [2.05, 4.69) is 4.98 Å². The van der Waals surface area contributed by atoms with Crippen LogP contribution < -0.4 is 4.74 Å². The number of halogens is 3. The first kappa shape index (κ1) is 32.7. The summed E-state index contributed by atoms with van der Waals surface area (Å²) < 4.78 is 55.8. The molecule has 3 N–H and O–H groups in total. The number of hydrogen-bond donors (Lipinski definition) is 3. The van der Waals surface area contributed by atoms with Crippen molar-refractivity contribution in [2.24, 2.45) is 0 Å². The maximum atomic E-state index is 13.2. The Balaban J connectivity index is 1.36. The number of nitro groups is 1. The summed E-state index contributed by atoms with van der Waals surface area (Å²) in [5.41, 5.74) is -2.52. The molecule has 18 heteroatoms. The van der Waals surface area contributed by atoms with E-state index in [9.17, 15) is 52.7 Å². The van der Waals surface area contributed by atoms with Crippen molar-refractivity contribution in [1.82, 2.24) is 9.55 Å². The summed E-state index contributed by atoms with van der Waals surface area (Å²) in [7, 11) is 0. The molecule has 0 spiro atoms. The number of para-hydroxylation sites is 1. The van der Waals surface area contributed by atoms with Gasteiger partial charge in [0.15, 0.2) is 6.10 Å². The summed E-state index contributed by atoms with van der Waals surface area (Å²) in [4.78, 5) is 64.1. The van der Waals surface area contributed by atoms with Gasteiger partial charge in [-0.2, -0.15) is 13.2 Å². The van der Waals surface area contributed by atoms with Crippen molar-refractivity contribution in [3.05, 3.63) is 99.5 Å². The van der Waals surface area contributed by atoms with Crippen molar-refractivity contribution in [2.45, 2.75) is 37.4 Å². The zero-order chi connectivity index (χ0) is 34.2. The third kappa shape index (κ3) is 6.50. The first-order valence-corrected chi connectivity index (χ1v) is 13.3. The maximum absolute atomic E-state index is 13.2. The number of carbonyl (C=O) groups excluding carboxylic acids is 3. The van der Waals surface area contributed by atoms with Crippen LogP contribution in [0.1, 0.15) is 27.3 Å². The summed E-state index contributed by atoms with van der Waals surface area (Å²) in [5.74, 6) is -4.51. The second kappa shape index (κ2) is 12.6. The van der Waals surface area contributed by atoms with Crippen molar-refractivity contribution in [3.63, 3.8) is 0 Å². The number of carboxylic acids is 1. The molecule has 2 aromatic heterocycles. The van der Waals surface area contributed by atoms with Gasteiger partial charge >= 0.3 is 23.9 Å². The number of Topliss-reactive ketones (excluding diaryl/α,β-unsaturated/α-hetero) is 1. The predicted octanol–water partition coefficient (Wildman–Crippen LogP) is 2.86. The molecule has 0 radical (unpaired) electrons. The molecule has 3 heterocycles. The molecule has 0 unspecified atom stereocenters. The van der Waals surface area contributed by atoms with Gasteiger partial charge in [-0.1, -0.05) is 30.3 Å². The molecular weight excluding hydrogens is 639 g/mol. The van der Waals surface area contributed by atoms with E-state index in [0.717, 1.165) is 35.0 Å². The van der Waals surface area contributed by atoms with E-state index >= 15 is 0 Å². The quantitative estimate of drug-likeness (QED) is 0.141. The molecule has 2 aromatic carbocycles. The maximum Gasteiger partial charge on any atom is 0.433 e. The Kier molecular flexibility index (Phi) is 8.75. The average Bonchev–Trinajstić information content (AvgIpc) is 3.43. The van der Waals surface area contributed by atoms with Gasteiger partial charge in [0.25, 0.3) is 6.29 Å². The number of ketones is 2. The van der Waals surface area contributed by atoms with E-state index in [4.69, 9.17) is 19.3 Å². The molecule has 244 valence electrons. The van der Waals surface area contributed by atoms with Crippen LogP contribution in [0.25, 0.3) is 10.9 Å². The van der Waals surface area contributed by atoms with Gasteiger partial charge in [-0.15, -0.1) is 0 Å². The lowest BCUT2D eigenvalue weighted by molar-refractivity contribution is -0.386.